The van der Waals surface area contributed by atoms with Crippen molar-refractivity contribution in [3.8, 4) is 16.9 Å². The molecule has 0 saturated heterocycles. The van der Waals surface area contributed by atoms with Crippen LogP contribution in [0, 0.1) is 6.92 Å². The summed E-state index contributed by atoms with van der Waals surface area (Å²) < 4.78 is 4.73. The smallest absolute Gasteiger partial charge is 0.230 e. The number of halogens is 1. The van der Waals surface area contributed by atoms with E-state index in [4.69, 9.17) is 21.9 Å². The van der Waals surface area contributed by atoms with E-state index in [-0.39, 0.29) is 11.6 Å². The maximum atomic E-state index is 9.83. The van der Waals surface area contributed by atoms with E-state index >= 15 is 0 Å². The molecule has 0 radical (unpaired) electrons. The lowest BCUT2D eigenvalue weighted by molar-refractivity contribution is 0.436. The summed E-state index contributed by atoms with van der Waals surface area (Å²) in [5, 5.41) is 13.9. The van der Waals surface area contributed by atoms with Crippen LogP contribution in [0.1, 0.15) is 5.56 Å². The zero-order valence-electron chi connectivity index (χ0n) is 7.99. The molecule has 0 aliphatic carbocycles. The second kappa shape index (κ2) is 3.47. The van der Waals surface area contributed by atoms with E-state index < -0.39 is 0 Å². The SMILES string of the molecule is Cc1cc(Cl)cc(-c2cnoc2N)c1O. The van der Waals surface area contributed by atoms with Crippen molar-refractivity contribution in [2.24, 2.45) is 0 Å². The zero-order chi connectivity index (χ0) is 11.0. The Balaban J connectivity index is 2.68. The third-order valence-corrected chi connectivity index (χ3v) is 2.37. The Kier molecular flexibility index (Phi) is 2.28. The molecule has 3 N–H and O–H groups in total. The predicted octanol–water partition coefficient (Wildman–Crippen LogP) is 2.59. The quantitative estimate of drug-likeness (QED) is 0.781. The van der Waals surface area contributed by atoms with E-state index in [1.165, 1.54) is 6.20 Å². The number of aryl methyl sites for hydroxylation is 1. The highest BCUT2D eigenvalue weighted by Crippen LogP contribution is 2.37. The van der Waals surface area contributed by atoms with Crippen molar-refractivity contribution < 1.29 is 9.63 Å². The Morgan fingerprint density at radius 3 is 2.73 bits per heavy atom. The van der Waals surface area contributed by atoms with Crippen LogP contribution in [0.25, 0.3) is 11.1 Å². The molecule has 0 spiro atoms. The van der Waals surface area contributed by atoms with Crippen LogP contribution in [0.4, 0.5) is 5.88 Å². The van der Waals surface area contributed by atoms with Crippen molar-refractivity contribution in [2.75, 3.05) is 5.73 Å². The number of benzene rings is 1. The molecule has 2 rings (SSSR count). The maximum absolute atomic E-state index is 9.83. The van der Waals surface area contributed by atoms with E-state index in [9.17, 15) is 5.11 Å². The number of nitrogens with zero attached hydrogens (tertiary/aromatic N) is 1. The van der Waals surface area contributed by atoms with Gasteiger partial charge in [0.2, 0.25) is 5.88 Å². The molecule has 78 valence electrons. The van der Waals surface area contributed by atoms with E-state index in [0.717, 1.165) is 0 Å². The van der Waals surface area contributed by atoms with Gasteiger partial charge in [-0.25, -0.2) is 0 Å². The first-order chi connectivity index (χ1) is 7.09. The molecule has 1 heterocycles. The van der Waals surface area contributed by atoms with E-state index in [1.807, 2.05) is 0 Å². The van der Waals surface area contributed by atoms with Crippen LogP contribution in [0.15, 0.2) is 22.9 Å². The number of aromatic nitrogens is 1. The summed E-state index contributed by atoms with van der Waals surface area (Å²) in [5.74, 6) is 0.293. The van der Waals surface area contributed by atoms with E-state index in [0.29, 0.717) is 21.7 Å². The normalized spacial score (nSPS) is 10.5. The minimum atomic E-state index is 0.134. The number of aromatic hydroxyl groups is 1. The van der Waals surface area contributed by atoms with Gasteiger partial charge in [0.05, 0.1) is 11.8 Å². The molecule has 0 aliphatic heterocycles. The van der Waals surface area contributed by atoms with Crippen LogP contribution in [0.2, 0.25) is 5.02 Å². The van der Waals surface area contributed by atoms with Gasteiger partial charge in [-0.1, -0.05) is 16.8 Å². The van der Waals surface area contributed by atoms with Gasteiger partial charge in [-0.2, -0.15) is 0 Å². The summed E-state index contributed by atoms with van der Waals surface area (Å²) in [6.45, 7) is 1.76. The molecule has 0 bridgehead atoms. The molecular formula is C10H9ClN2O2. The molecule has 5 heteroatoms. The zero-order valence-corrected chi connectivity index (χ0v) is 8.75. The molecule has 2 aromatic rings. The van der Waals surface area contributed by atoms with Crippen molar-refractivity contribution in [1.29, 1.82) is 0 Å². The number of hydrogen-bond donors (Lipinski definition) is 2. The summed E-state index contributed by atoms with van der Waals surface area (Å²) in [6.07, 6.45) is 1.44. The van der Waals surface area contributed by atoms with Gasteiger partial charge >= 0.3 is 0 Å². The first-order valence-corrected chi connectivity index (χ1v) is 4.67. The Morgan fingerprint density at radius 1 is 1.40 bits per heavy atom. The first kappa shape index (κ1) is 9.86. The van der Waals surface area contributed by atoms with Gasteiger partial charge < -0.3 is 15.4 Å². The number of phenols is 1. The minimum Gasteiger partial charge on any atom is -0.507 e. The van der Waals surface area contributed by atoms with Crippen LogP contribution in [-0.2, 0) is 0 Å². The van der Waals surface area contributed by atoms with Crippen molar-refractivity contribution in [1.82, 2.24) is 5.16 Å². The molecule has 0 unspecified atom stereocenters. The molecule has 4 nitrogen and oxygen atoms in total. The molecule has 0 saturated carbocycles. The lowest BCUT2D eigenvalue weighted by Gasteiger charge is -2.06. The first-order valence-electron chi connectivity index (χ1n) is 4.29. The second-order valence-electron chi connectivity index (χ2n) is 3.22. The van der Waals surface area contributed by atoms with Gasteiger partial charge in [0.15, 0.2) is 0 Å². The molecule has 1 aromatic carbocycles. The van der Waals surface area contributed by atoms with Crippen LogP contribution in [0.5, 0.6) is 5.75 Å². The average molecular weight is 225 g/mol. The topological polar surface area (TPSA) is 72.3 Å². The van der Waals surface area contributed by atoms with Gasteiger partial charge in [0.1, 0.15) is 5.75 Å². The summed E-state index contributed by atoms with van der Waals surface area (Å²) >= 11 is 5.89. The highest BCUT2D eigenvalue weighted by atomic mass is 35.5. The van der Waals surface area contributed by atoms with Crippen LogP contribution in [0.3, 0.4) is 0 Å². The summed E-state index contributed by atoms with van der Waals surface area (Å²) in [4.78, 5) is 0. The van der Waals surface area contributed by atoms with Crippen LogP contribution in [-0.4, -0.2) is 10.3 Å². The summed E-state index contributed by atoms with van der Waals surface area (Å²) in [5.41, 5.74) is 7.30. The Labute approximate surface area is 91.3 Å². The average Bonchev–Trinajstić information content (AvgIpc) is 2.58. The van der Waals surface area contributed by atoms with Crippen molar-refractivity contribution in [3.63, 3.8) is 0 Å². The van der Waals surface area contributed by atoms with E-state index in [2.05, 4.69) is 5.16 Å². The minimum absolute atomic E-state index is 0.134. The summed E-state index contributed by atoms with van der Waals surface area (Å²) in [6, 6.07) is 3.29. The fraction of sp³-hybridized carbons (Fsp3) is 0.100. The van der Waals surface area contributed by atoms with Crippen molar-refractivity contribution in [3.05, 3.63) is 28.9 Å². The van der Waals surface area contributed by atoms with Crippen LogP contribution >= 0.6 is 11.6 Å². The molecular weight excluding hydrogens is 216 g/mol. The third-order valence-electron chi connectivity index (χ3n) is 2.15. The lowest BCUT2D eigenvalue weighted by atomic mass is 10.0. The van der Waals surface area contributed by atoms with Crippen molar-refractivity contribution >= 4 is 17.5 Å². The van der Waals surface area contributed by atoms with Gasteiger partial charge in [-0.05, 0) is 24.6 Å². The number of nitrogen functional groups attached to an aromatic ring is 1. The second-order valence-corrected chi connectivity index (χ2v) is 3.66. The fourth-order valence-electron chi connectivity index (χ4n) is 1.39. The number of nitrogens with two attached hydrogens (primary N) is 1. The Morgan fingerprint density at radius 2 is 2.13 bits per heavy atom. The predicted molar refractivity (Wildman–Crippen MR) is 57.8 cm³/mol. The Bertz CT molecular complexity index is 508. The highest BCUT2D eigenvalue weighted by molar-refractivity contribution is 6.31. The number of rotatable bonds is 1. The van der Waals surface area contributed by atoms with Crippen LogP contribution < -0.4 is 5.73 Å². The van der Waals surface area contributed by atoms with Gasteiger partial charge in [-0.3, -0.25) is 0 Å². The molecule has 0 amide bonds. The number of anilines is 1. The maximum Gasteiger partial charge on any atom is 0.230 e. The van der Waals surface area contributed by atoms with Gasteiger partial charge in [-0.15, -0.1) is 0 Å². The number of hydrogen-bond acceptors (Lipinski definition) is 4. The highest BCUT2D eigenvalue weighted by Gasteiger charge is 2.13. The lowest BCUT2D eigenvalue weighted by Crippen LogP contribution is -1.87. The monoisotopic (exact) mass is 224 g/mol. The third kappa shape index (κ3) is 1.64. The van der Waals surface area contributed by atoms with Crippen molar-refractivity contribution in [2.45, 2.75) is 6.92 Å². The van der Waals surface area contributed by atoms with E-state index in [1.54, 1.807) is 19.1 Å². The molecule has 0 atom stereocenters. The standard InChI is InChI=1S/C10H9ClN2O2/c1-5-2-6(11)3-7(9(5)14)8-4-13-15-10(8)12/h2-4,14H,12H2,1H3. The fourth-order valence-corrected chi connectivity index (χ4v) is 1.66. The summed E-state index contributed by atoms with van der Waals surface area (Å²) in [7, 11) is 0. The molecule has 0 aliphatic rings. The number of phenolic OH excluding ortho intramolecular Hbond substituents is 1. The van der Waals surface area contributed by atoms with Gasteiger partial charge in [0, 0.05) is 10.6 Å². The Hall–Kier alpha value is -1.68. The molecule has 0 fully saturated rings. The largest absolute Gasteiger partial charge is 0.507 e. The molecule has 1 aromatic heterocycles. The van der Waals surface area contributed by atoms with Gasteiger partial charge in [0.25, 0.3) is 0 Å². The molecule has 15 heavy (non-hydrogen) atoms.